The van der Waals surface area contributed by atoms with Gasteiger partial charge in [0.05, 0.1) is 16.3 Å². The van der Waals surface area contributed by atoms with Gasteiger partial charge in [0.25, 0.3) is 0 Å². The monoisotopic (exact) mass is 368 g/mol. The van der Waals surface area contributed by atoms with Crippen molar-refractivity contribution in [3.8, 4) is 0 Å². The molecule has 1 aliphatic heterocycles. The van der Waals surface area contributed by atoms with Gasteiger partial charge in [-0.1, -0.05) is 12.1 Å². The molecule has 2 atom stereocenters. The minimum atomic E-state index is -3.61. The molecular formula is C16H20N2O4S2. The van der Waals surface area contributed by atoms with E-state index in [4.69, 9.17) is 4.74 Å². The Balaban J connectivity index is 1.63. The number of aromatic nitrogens is 1. The normalized spacial score (nSPS) is 19.5. The van der Waals surface area contributed by atoms with Crippen LogP contribution in [0.1, 0.15) is 24.8 Å². The zero-order chi connectivity index (χ0) is 17.2. The highest BCUT2D eigenvalue weighted by atomic mass is 32.2. The maximum absolute atomic E-state index is 12.5. The number of rotatable bonds is 6. The summed E-state index contributed by atoms with van der Waals surface area (Å²) in [6, 6.07) is 7.50. The van der Waals surface area contributed by atoms with Crippen LogP contribution in [0.5, 0.6) is 0 Å². The van der Waals surface area contributed by atoms with E-state index >= 15 is 0 Å². The number of carbonyl (C=O) groups excluding carboxylic acids is 1. The lowest BCUT2D eigenvalue weighted by atomic mass is 10.2. The van der Waals surface area contributed by atoms with Crippen LogP contribution in [0.3, 0.4) is 0 Å². The molecule has 0 radical (unpaired) electrons. The average Bonchev–Trinajstić information content (AvgIpc) is 3.19. The lowest BCUT2D eigenvalue weighted by Gasteiger charge is -2.15. The predicted octanol–water partition coefficient (Wildman–Crippen LogP) is 1.89. The third-order valence-corrected chi connectivity index (χ3v) is 7.29. The molecule has 3 rings (SSSR count). The first-order chi connectivity index (χ1) is 11.5. The third kappa shape index (κ3) is 3.93. The number of hydrogen-bond acceptors (Lipinski definition) is 6. The molecule has 130 valence electrons. The molecule has 6 nitrogen and oxygen atoms in total. The largest absolute Gasteiger partial charge is 0.376 e. The Kier molecular flexibility index (Phi) is 5.17. The Morgan fingerprint density at radius 1 is 1.46 bits per heavy atom. The molecule has 1 aliphatic rings. The fourth-order valence-electron chi connectivity index (χ4n) is 2.61. The molecule has 2 aromatic rings. The quantitative estimate of drug-likeness (QED) is 0.842. The van der Waals surface area contributed by atoms with Crippen molar-refractivity contribution < 1.29 is 17.9 Å². The van der Waals surface area contributed by atoms with Crippen molar-refractivity contribution in [2.45, 2.75) is 36.9 Å². The van der Waals surface area contributed by atoms with Crippen molar-refractivity contribution in [1.82, 2.24) is 10.3 Å². The summed E-state index contributed by atoms with van der Waals surface area (Å²) >= 11 is 1.35. The number of hydrogen-bond donors (Lipinski definition) is 1. The van der Waals surface area contributed by atoms with Crippen molar-refractivity contribution in [2.24, 2.45) is 0 Å². The molecule has 24 heavy (non-hydrogen) atoms. The van der Waals surface area contributed by atoms with Gasteiger partial charge in [-0.05, 0) is 31.9 Å². The third-order valence-electron chi connectivity index (χ3n) is 4.10. The summed E-state index contributed by atoms with van der Waals surface area (Å²) < 4.78 is 31.3. The van der Waals surface area contributed by atoms with E-state index in [2.05, 4.69) is 10.3 Å². The van der Waals surface area contributed by atoms with Crippen molar-refractivity contribution >= 4 is 37.3 Å². The van der Waals surface area contributed by atoms with Crippen LogP contribution in [0.15, 0.2) is 24.3 Å². The summed E-state index contributed by atoms with van der Waals surface area (Å²) in [5.41, 5.74) is 0.781. The van der Waals surface area contributed by atoms with E-state index in [1.165, 1.54) is 18.3 Å². The SMILES string of the molecule is C[C@H](C(=O)NC[C@H]1CCCO1)S(=O)(=O)Cc1nc2ccccc2s1. The molecule has 0 spiro atoms. The van der Waals surface area contributed by atoms with Crippen molar-refractivity contribution in [3.05, 3.63) is 29.3 Å². The van der Waals surface area contributed by atoms with Gasteiger partial charge in [0.2, 0.25) is 5.91 Å². The Bertz CT molecular complexity index is 792. The van der Waals surface area contributed by atoms with Gasteiger partial charge < -0.3 is 10.1 Å². The number of nitrogens with zero attached hydrogens (tertiary/aromatic N) is 1. The molecule has 0 aliphatic carbocycles. The first-order valence-corrected chi connectivity index (χ1v) is 10.4. The predicted molar refractivity (Wildman–Crippen MR) is 93.7 cm³/mol. The van der Waals surface area contributed by atoms with Crippen LogP contribution in [0.2, 0.25) is 0 Å². The van der Waals surface area contributed by atoms with E-state index in [0.717, 1.165) is 23.1 Å². The smallest absolute Gasteiger partial charge is 0.238 e. The molecule has 0 unspecified atom stereocenters. The summed E-state index contributed by atoms with van der Waals surface area (Å²) in [5.74, 6) is -0.701. The molecule has 8 heteroatoms. The number of fused-ring (bicyclic) bond motifs is 1. The number of ether oxygens (including phenoxy) is 1. The van der Waals surface area contributed by atoms with E-state index < -0.39 is 21.0 Å². The number of thiazole rings is 1. The summed E-state index contributed by atoms with van der Waals surface area (Å²) in [6.45, 7) is 2.49. The number of carbonyl (C=O) groups is 1. The van der Waals surface area contributed by atoms with Gasteiger partial charge >= 0.3 is 0 Å². The topological polar surface area (TPSA) is 85.4 Å². The van der Waals surface area contributed by atoms with Gasteiger partial charge in [-0.15, -0.1) is 11.3 Å². The highest BCUT2D eigenvalue weighted by Gasteiger charge is 2.30. The van der Waals surface area contributed by atoms with Gasteiger partial charge in [-0.25, -0.2) is 13.4 Å². The Morgan fingerprint density at radius 2 is 2.25 bits per heavy atom. The average molecular weight is 368 g/mol. The summed E-state index contributed by atoms with van der Waals surface area (Å²) in [6.07, 6.45) is 1.87. The lowest BCUT2D eigenvalue weighted by molar-refractivity contribution is -0.120. The second-order valence-corrected chi connectivity index (χ2v) is 9.34. The minimum absolute atomic E-state index is 0.00637. The summed E-state index contributed by atoms with van der Waals surface area (Å²) in [4.78, 5) is 16.5. The lowest BCUT2D eigenvalue weighted by Crippen LogP contribution is -2.41. The van der Waals surface area contributed by atoms with E-state index in [-0.39, 0.29) is 11.9 Å². The molecule has 1 aromatic carbocycles. The molecular weight excluding hydrogens is 348 g/mol. The van der Waals surface area contributed by atoms with Gasteiger partial charge in [-0.2, -0.15) is 0 Å². The Labute approximate surface area is 145 Å². The number of benzene rings is 1. The highest BCUT2D eigenvalue weighted by molar-refractivity contribution is 7.92. The fourth-order valence-corrected chi connectivity index (χ4v) is 5.16. The van der Waals surface area contributed by atoms with Gasteiger partial charge in [0.15, 0.2) is 9.84 Å². The summed E-state index contributed by atoms with van der Waals surface area (Å²) in [5, 5.41) is 2.09. The second kappa shape index (κ2) is 7.16. The number of sulfone groups is 1. The molecule has 1 N–H and O–H groups in total. The Hall–Kier alpha value is -1.51. The number of nitrogens with one attached hydrogen (secondary N) is 1. The molecule has 2 heterocycles. The van der Waals surface area contributed by atoms with Crippen molar-refractivity contribution in [1.29, 1.82) is 0 Å². The van der Waals surface area contributed by atoms with Crippen LogP contribution in [-0.4, -0.2) is 43.8 Å². The summed E-state index contributed by atoms with van der Waals surface area (Å²) in [7, 11) is -3.61. The number of amides is 1. The Morgan fingerprint density at radius 3 is 2.96 bits per heavy atom. The molecule has 1 amide bonds. The van der Waals surface area contributed by atoms with Crippen molar-refractivity contribution in [2.75, 3.05) is 13.2 Å². The standard InChI is InChI=1S/C16H20N2O4S2/c1-11(16(19)17-9-12-5-4-8-22-12)24(20,21)10-15-18-13-6-2-3-7-14(13)23-15/h2-3,6-7,11-12H,4-5,8-10H2,1H3,(H,17,19)/t11-,12-/m1/s1. The van der Waals surface area contributed by atoms with Crippen LogP contribution in [0.25, 0.3) is 10.2 Å². The molecule has 1 aromatic heterocycles. The maximum atomic E-state index is 12.5. The van der Waals surface area contributed by atoms with E-state index in [1.54, 1.807) is 0 Å². The first kappa shape index (κ1) is 17.3. The highest BCUT2D eigenvalue weighted by Crippen LogP contribution is 2.24. The van der Waals surface area contributed by atoms with Gasteiger partial charge in [0.1, 0.15) is 16.0 Å². The first-order valence-electron chi connectivity index (χ1n) is 7.91. The van der Waals surface area contributed by atoms with Crippen molar-refractivity contribution in [3.63, 3.8) is 0 Å². The molecule has 1 fully saturated rings. The van der Waals surface area contributed by atoms with Crippen LogP contribution >= 0.6 is 11.3 Å². The molecule has 0 bridgehead atoms. The fraction of sp³-hybridized carbons (Fsp3) is 0.500. The van der Waals surface area contributed by atoms with Crippen LogP contribution in [0.4, 0.5) is 0 Å². The zero-order valence-electron chi connectivity index (χ0n) is 13.4. The van der Waals surface area contributed by atoms with E-state index in [1.807, 2.05) is 24.3 Å². The molecule has 1 saturated heterocycles. The van der Waals surface area contributed by atoms with E-state index in [0.29, 0.717) is 18.2 Å². The minimum Gasteiger partial charge on any atom is -0.376 e. The van der Waals surface area contributed by atoms with E-state index in [9.17, 15) is 13.2 Å². The van der Waals surface area contributed by atoms with Gasteiger partial charge in [0, 0.05) is 13.2 Å². The maximum Gasteiger partial charge on any atom is 0.238 e. The van der Waals surface area contributed by atoms with Crippen LogP contribution in [-0.2, 0) is 25.1 Å². The van der Waals surface area contributed by atoms with Crippen LogP contribution in [0, 0.1) is 0 Å². The second-order valence-electron chi connectivity index (χ2n) is 5.90. The molecule has 0 saturated carbocycles. The number of para-hydroxylation sites is 1. The van der Waals surface area contributed by atoms with Gasteiger partial charge in [-0.3, -0.25) is 4.79 Å². The van der Waals surface area contributed by atoms with Crippen LogP contribution < -0.4 is 5.32 Å². The zero-order valence-corrected chi connectivity index (χ0v) is 15.0.